The molecule has 0 fully saturated rings. The van der Waals surface area contributed by atoms with Crippen LogP contribution in [0.15, 0.2) is 64.3 Å². The molecule has 3 rings (SSSR count). The van der Waals surface area contributed by atoms with E-state index in [0.29, 0.717) is 13.1 Å². The molecule has 0 amide bonds. The van der Waals surface area contributed by atoms with Crippen molar-refractivity contribution < 1.29 is 4.42 Å². The summed E-state index contributed by atoms with van der Waals surface area (Å²) < 4.78 is 7.30. The predicted molar refractivity (Wildman–Crippen MR) is 111 cm³/mol. The number of furan rings is 1. The van der Waals surface area contributed by atoms with Crippen molar-refractivity contribution in [1.29, 1.82) is 0 Å². The highest BCUT2D eigenvalue weighted by molar-refractivity contribution is 5.79. The van der Waals surface area contributed by atoms with Gasteiger partial charge in [-0.1, -0.05) is 24.3 Å². The van der Waals surface area contributed by atoms with E-state index in [1.54, 1.807) is 19.5 Å². The molecule has 0 aliphatic carbocycles. The quantitative estimate of drug-likeness (QED) is 0.464. The second-order valence-corrected chi connectivity index (χ2v) is 6.75. The van der Waals surface area contributed by atoms with Gasteiger partial charge in [0.05, 0.1) is 25.0 Å². The minimum atomic E-state index is 0.670. The highest BCUT2D eigenvalue weighted by Crippen LogP contribution is 2.13. The molecule has 0 saturated heterocycles. The molecule has 2 N–H and O–H groups in total. The Bertz CT molecular complexity index is 884. The molecule has 7 heteroatoms. The number of nitrogens with zero attached hydrogens (tertiary/aromatic N) is 4. The van der Waals surface area contributed by atoms with Crippen molar-refractivity contribution in [2.45, 2.75) is 26.2 Å². The standard InChI is InChI=1S/C21H28N6O/c1-22-21(24-14-19-10-11-25-27(19)3)23-13-17-7-4-5-8-18(17)15-26(2)16-20-9-6-12-28-20/h4-12H,13-16H2,1-3H3,(H2,22,23,24). The molecule has 148 valence electrons. The number of benzene rings is 1. The molecule has 0 spiro atoms. The van der Waals surface area contributed by atoms with Crippen molar-refractivity contribution >= 4 is 5.96 Å². The lowest BCUT2D eigenvalue weighted by Crippen LogP contribution is -2.37. The number of aliphatic imine (C=N–C) groups is 1. The number of aromatic nitrogens is 2. The second-order valence-electron chi connectivity index (χ2n) is 6.75. The number of hydrogen-bond donors (Lipinski definition) is 2. The maximum absolute atomic E-state index is 5.45. The molecule has 0 bridgehead atoms. The second kappa shape index (κ2) is 9.75. The van der Waals surface area contributed by atoms with Crippen molar-refractivity contribution in [3.05, 3.63) is 77.5 Å². The fourth-order valence-corrected chi connectivity index (χ4v) is 3.05. The van der Waals surface area contributed by atoms with Crippen LogP contribution >= 0.6 is 0 Å². The number of rotatable bonds is 8. The lowest BCUT2D eigenvalue weighted by molar-refractivity contribution is 0.287. The lowest BCUT2D eigenvalue weighted by atomic mass is 10.1. The first-order valence-corrected chi connectivity index (χ1v) is 9.35. The van der Waals surface area contributed by atoms with Crippen LogP contribution in [0.5, 0.6) is 0 Å². The molecular formula is C21H28N6O. The number of guanidine groups is 1. The summed E-state index contributed by atoms with van der Waals surface area (Å²) in [5, 5.41) is 10.9. The Hall–Kier alpha value is -3.06. The van der Waals surface area contributed by atoms with Gasteiger partial charge in [0.1, 0.15) is 5.76 Å². The third kappa shape index (κ3) is 5.47. The molecule has 0 aliphatic rings. The van der Waals surface area contributed by atoms with Crippen LogP contribution in [-0.2, 0) is 33.2 Å². The topological polar surface area (TPSA) is 70.6 Å². The third-order valence-corrected chi connectivity index (χ3v) is 4.59. The Kier molecular flexibility index (Phi) is 6.86. The molecule has 2 aromatic heterocycles. The Morgan fingerprint density at radius 3 is 2.54 bits per heavy atom. The zero-order valence-corrected chi connectivity index (χ0v) is 16.7. The summed E-state index contributed by atoms with van der Waals surface area (Å²) in [5.74, 6) is 1.73. The monoisotopic (exact) mass is 380 g/mol. The Labute approximate surface area is 166 Å². The van der Waals surface area contributed by atoms with Crippen molar-refractivity contribution in [3.63, 3.8) is 0 Å². The van der Waals surface area contributed by atoms with Gasteiger partial charge in [0, 0.05) is 33.4 Å². The maximum Gasteiger partial charge on any atom is 0.191 e. The van der Waals surface area contributed by atoms with E-state index in [1.807, 2.05) is 29.9 Å². The highest BCUT2D eigenvalue weighted by Gasteiger charge is 2.08. The lowest BCUT2D eigenvalue weighted by Gasteiger charge is -2.19. The van der Waals surface area contributed by atoms with Crippen LogP contribution < -0.4 is 10.6 Å². The molecule has 0 aliphatic heterocycles. The summed E-state index contributed by atoms with van der Waals surface area (Å²) in [6, 6.07) is 14.4. The first-order chi connectivity index (χ1) is 13.7. The van der Waals surface area contributed by atoms with E-state index in [4.69, 9.17) is 4.42 Å². The van der Waals surface area contributed by atoms with E-state index < -0.39 is 0 Å². The average molecular weight is 380 g/mol. The van der Waals surface area contributed by atoms with Gasteiger partial charge in [-0.15, -0.1) is 0 Å². The average Bonchev–Trinajstić information content (AvgIpc) is 3.34. The SMILES string of the molecule is CN=C(NCc1ccccc1CN(C)Cc1ccco1)NCc1ccnn1C. The summed E-state index contributed by atoms with van der Waals surface area (Å²) in [6.07, 6.45) is 3.51. The molecule has 28 heavy (non-hydrogen) atoms. The van der Waals surface area contributed by atoms with E-state index in [0.717, 1.165) is 30.5 Å². The van der Waals surface area contributed by atoms with Crippen molar-refractivity contribution in [2.24, 2.45) is 12.0 Å². The Balaban J connectivity index is 1.55. The van der Waals surface area contributed by atoms with Gasteiger partial charge in [-0.3, -0.25) is 14.6 Å². The largest absolute Gasteiger partial charge is 0.468 e. The molecule has 0 atom stereocenters. The van der Waals surface area contributed by atoms with Gasteiger partial charge in [0.2, 0.25) is 0 Å². The maximum atomic E-state index is 5.45. The molecule has 2 heterocycles. The summed E-state index contributed by atoms with van der Waals surface area (Å²) in [4.78, 5) is 6.56. The van der Waals surface area contributed by atoms with Crippen LogP contribution in [0.3, 0.4) is 0 Å². The smallest absolute Gasteiger partial charge is 0.191 e. The van der Waals surface area contributed by atoms with Crippen LogP contribution in [0.2, 0.25) is 0 Å². The van der Waals surface area contributed by atoms with Gasteiger partial charge in [-0.2, -0.15) is 5.10 Å². The Morgan fingerprint density at radius 2 is 1.86 bits per heavy atom. The van der Waals surface area contributed by atoms with Crippen molar-refractivity contribution in [1.82, 2.24) is 25.3 Å². The molecule has 1 aromatic carbocycles. The molecule has 0 unspecified atom stereocenters. The van der Waals surface area contributed by atoms with Crippen LogP contribution in [0.1, 0.15) is 22.6 Å². The number of aryl methyl sites for hydroxylation is 1. The van der Waals surface area contributed by atoms with Crippen LogP contribution in [0.4, 0.5) is 0 Å². The number of nitrogens with one attached hydrogen (secondary N) is 2. The van der Waals surface area contributed by atoms with Crippen LogP contribution in [0, 0.1) is 0 Å². The zero-order chi connectivity index (χ0) is 19.8. The van der Waals surface area contributed by atoms with Crippen LogP contribution in [0.25, 0.3) is 0 Å². The van der Waals surface area contributed by atoms with Gasteiger partial charge < -0.3 is 15.1 Å². The van der Waals surface area contributed by atoms with Crippen LogP contribution in [-0.4, -0.2) is 34.7 Å². The molecule has 3 aromatic rings. The van der Waals surface area contributed by atoms with E-state index >= 15 is 0 Å². The fourth-order valence-electron chi connectivity index (χ4n) is 3.05. The minimum absolute atomic E-state index is 0.670. The van der Waals surface area contributed by atoms with E-state index in [-0.39, 0.29) is 0 Å². The van der Waals surface area contributed by atoms with Gasteiger partial charge >= 0.3 is 0 Å². The van der Waals surface area contributed by atoms with Gasteiger partial charge in [-0.05, 0) is 36.4 Å². The van der Waals surface area contributed by atoms with Crippen molar-refractivity contribution in [2.75, 3.05) is 14.1 Å². The van der Waals surface area contributed by atoms with Gasteiger partial charge in [0.15, 0.2) is 5.96 Å². The summed E-state index contributed by atoms with van der Waals surface area (Å²) in [6.45, 7) is 3.00. The molecule has 7 nitrogen and oxygen atoms in total. The third-order valence-electron chi connectivity index (χ3n) is 4.59. The predicted octanol–water partition coefficient (Wildman–Crippen LogP) is 2.51. The fraction of sp³-hybridized carbons (Fsp3) is 0.333. The van der Waals surface area contributed by atoms with E-state index in [9.17, 15) is 0 Å². The van der Waals surface area contributed by atoms with E-state index in [1.165, 1.54) is 11.1 Å². The molecule has 0 saturated carbocycles. The molecular weight excluding hydrogens is 352 g/mol. The van der Waals surface area contributed by atoms with Crippen molar-refractivity contribution in [3.8, 4) is 0 Å². The normalized spacial score (nSPS) is 11.8. The Morgan fingerprint density at radius 1 is 1.07 bits per heavy atom. The summed E-state index contributed by atoms with van der Waals surface area (Å²) >= 11 is 0. The highest BCUT2D eigenvalue weighted by atomic mass is 16.3. The minimum Gasteiger partial charge on any atom is -0.468 e. The first kappa shape index (κ1) is 19.7. The van der Waals surface area contributed by atoms with Gasteiger partial charge in [-0.25, -0.2) is 0 Å². The summed E-state index contributed by atoms with van der Waals surface area (Å²) in [7, 11) is 5.81. The first-order valence-electron chi connectivity index (χ1n) is 9.35. The van der Waals surface area contributed by atoms with Gasteiger partial charge in [0.25, 0.3) is 0 Å². The number of hydrogen-bond acceptors (Lipinski definition) is 4. The van der Waals surface area contributed by atoms with E-state index in [2.05, 4.69) is 56.9 Å². The summed E-state index contributed by atoms with van der Waals surface area (Å²) in [5.41, 5.74) is 3.63. The molecule has 0 radical (unpaired) electrons. The zero-order valence-electron chi connectivity index (χ0n) is 16.7.